The molecule has 1 aromatic carbocycles. The molecule has 4 heteroatoms. The van der Waals surface area contributed by atoms with Gasteiger partial charge < -0.3 is 10.3 Å². The molecular formula is C19H24N2O2. The van der Waals surface area contributed by atoms with Gasteiger partial charge in [-0.25, -0.2) is 0 Å². The van der Waals surface area contributed by atoms with E-state index >= 15 is 0 Å². The van der Waals surface area contributed by atoms with Crippen LogP contribution in [0.1, 0.15) is 50.7 Å². The molecule has 2 aromatic rings. The highest BCUT2D eigenvalue weighted by atomic mass is 16.2. The molecule has 0 aliphatic heterocycles. The van der Waals surface area contributed by atoms with Crippen LogP contribution in [0.15, 0.2) is 23.0 Å². The molecule has 0 radical (unpaired) electrons. The van der Waals surface area contributed by atoms with Gasteiger partial charge in [0.05, 0.1) is 5.52 Å². The number of hydrogen-bond acceptors (Lipinski definition) is 2. The summed E-state index contributed by atoms with van der Waals surface area (Å²) >= 11 is 0. The van der Waals surface area contributed by atoms with E-state index < -0.39 is 0 Å². The van der Waals surface area contributed by atoms with Crippen molar-refractivity contribution < 1.29 is 4.79 Å². The van der Waals surface area contributed by atoms with Crippen molar-refractivity contribution in [2.45, 2.75) is 52.4 Å². The molecule has 3 rings (SSSR count). The van der Waals surface area contributed by atoms with Crippen LogP contribution in [-0.4, -0.2) is 10.9 Å². The van der Waals surface area contributed by atoms with Crippen molar-refractivity contribution in [3.8, 4) is 0 Å². The average molecular weight is 312 g/mol. The lowest BCUT2D eigenvalue weighted by Crippen LogP contribution is -2.22. The standard InChI is InChI=1S/C19H24N2O2/c1-3-12(4-2)18(22)20-13-9-10-15-14-7-5-6-8-16(14)19(23)21-17(15)11-13/h9-12H,3-8H2,1-2H3,(H,20,22)(H,21,23). The molecule has 0 spiro atoms. The summed E-state index contributed by atoms with van der Waals surface area (Å²) in [6.07, 6.45) is 5.73. The van der Waals surface area contributed by atoms with Crippen molar-refractivity contribution in [3.63, 3.8) is 0 Å². The van der Waals surface area contributed by atoms with Crippen LogP contribution in [0.25, 0.3) is 10.9 Å². The summed E-state index contributed by atoms with van der Waals surface area (Å²) < 4.78 is 0. The van der Waals surface area contributed by atoms with Gasteiger partial charge in [0.25, 0.3) is 5.56 Å². The number of benzene rings is 1. The van der Waals surface area contributed by atoms with Gasteiger partial charge in [0.15, 0.2) is 0 Å². The van der Waals surface area contributed by atoms with E-state index in [2.05, 4.69) is 10.3 Å². The number of fused-ring (bicyclic) bond motifs is 3. The van der Waals surface area contributed by atoms with E-state index in [0.29, 0.717) is 0 Å². The van der Waals surface area contributed by atoms with Crippen molar-refractivity contribution in [3.05, 3.63) is 39.7 Å². The first-order chi connectivity index (χ1) is 11.1. The molecule has 4 nitrogen and oxygen atoms in total. The van der Waals surface area contributed by atoms with Gasteiger partial charge in [0.1, 0.15) is 0 Å². The highest BCUT2D eigenvalue weighted by molar-refractivity contribution is 5.95. The van der Waals surface area contributed by atoms with Crippen LogP contribution < -0.4 is 10.9 Å². The van der Waals surface area contributed by atoms with Crippen LogP contribution in [0.5, 0.6) is 0 Å². The highest BCUT2D eigenvalue weighted by Gasteiger charge is 2.17. The molecule has 0 bridgehead atoms. The van der Waals surface area contributed by atoms with Crippen LogP contribution >= 0.6 is 0 Å². The first-order valence-corrected chi connectivity index (χ1v) is 8.62. The molecule has 0 saturated heterocycles. The van der Waals surface area contributed by atoms with Crippen molar-refractivity contribution in [2.75, 3.05) is 5.32 Å². The zero-order valence-electron chi connectivity index (χ0n) is 13.9. The minimum atomic E-state index is 0.0238. The molecule has 0 saturated carbocycles. The molecule has 1 amide bonds. The maximum Gasteiger partial charge on any atom is 0.251 e. The SMILES string of the molecule is CCC(CC)C(=O)Nc1ccc2c3c(c(=O)[nH]c2c1)CCCC3. The molecule has 122 valence electrons. The van der Waals surface area contributed by atoms with Crippen LogP contribution in [0.3, 0.4) is 0 Å². The number of amides is 1. The van der Waals surface area contributed by atoms with Gasteiger partial charge in [-0.15, -0.1) is 0 Å². The van der Waals surface area contributed by atoms with Crippen LogP contribution in [0.4, 0.5) is 5.69 Å². The number of carbonyl (C=O) groups is 1. The number of pyridine rings is 1. The summed E-state index contributed by atoms with van der Waals surface area (Å²) in [5.74, 6) is 0.0861. The fourth-order valence-corrected chi connectivity index (χ4v) is 3.54. The molecule has 0 unspecified atom stereocenters. The number of aromatic amines is 1. The van der Waals surface area contributed by atoms with Crippen molar-refractivity contribution in [1.82, 2.24) is 4.98 Å². The van der Waals surface area contributed by atoms with Crippen molar-refractivity contribution >= 4 is 22.5 Å². The summed E-state index contributed by atoms with van der Waals surface area (Å²) in [5.41, 5.74) is 3.72. The number of aryl methyl sites for hydroxylation is 1. The number of hydrogen-bond donors (Lipinski definition) is 2. The zero-order chi connectivity index (χ0) is 16.4. The number of nitrogens with one attached hydrogen (secondary N) is 2. The second kappa shape index (κ2) is 6.57. The lowest BCUT2D eigenvalue weighted by Gasteiger charge is -2.18. The molecular weight excluding hydrogens is 288 g/mol. The van der Waals surface area contributed by atoms with Crippen molar-refractivity contribution in [1.29, 1.82) is 0 Å². The first-order valence-electron chi connectivity index (χ1n) is 8.62. The Labute approximate surface area is 136 Å². The Balaban J connectivity index is 1.97. The molecule has 1 aliphatic carbocycles. The number of aromatic nitrogens is 1. The maximum atomic E-state index is 12.3. The minimum Gasteiger partial charge on any atom is -0.326 e. The van der Waals surface area contributed by atoms with E-state index in [1.165, 1.54) is 5.56 Å². The monoisotopic (exact) mass is 312 g/mol. The summed E-state index contributed by atoms with van der Waals surface area (Å²) in [5, 5.41) is 4.09. The lowest BCUT2D eigenvalue weighted by atomic mass is 9.90. The third kappa shape index (κ3) is 3.03. The smallest absolute Gasteiger partial charge is 0.251 e. The lowest BCUT2D eigenvalue weighted by molar-refractivity contribution is -0.120. The highest BCUT2D eigenvalue weighted by Crippen LogP contribution is 2.27. The Bertz CT molecular complexity index is 788. The molecule has 0 atom stereocenters. The van der Waals surface area contributed by atoms with Gasteiger partial charge in [-0.3, -0.25) is 9.59 Å². The maximum absolute atomic E-state index is 12.3. The van der Waals surface area contributed by atoms with Gasteiger partial charge in [0, 0.05) is 22.6 Å². The number of rotatable bonds is 4. The van der Waals surface area contributed by atoms with Gasteiger partial charge in [-0.2, -0.15) is 0 Å². The first kappa shape index (κ1) is 15.8. The van der Waals surface area contributed by atoms with E-state index in [0.717, 1.165) is 60.7 Å². The Hall–Kier alpha value is -2.10. The minimum absolute atomic E-state index is 0.0238. The van der Waals surface area contributed by atoms with Crippen LogP contribution in [0.2, 0.25) is 0 Å². The Morgan fingerprint density at radius 1 is 1.17 bits per heavy atom. The largest absolute Gasteiger partial charge is 0.326 e. The molecule has 2 N–H and O–H groups in total. The third-order valence-electron chi connectivity index (χ3n) is 4.96. The third-order valence-corrected chi connectivity index (χ3v) is 4.96. The summed E-state index contributed by atoms with van der Waals surface area (Å²) in [4.78, 5) is 27.5. The summed E-state index contributed by atoms with van der Waals surface area (Å²) in [6, 6.07) is 5.85. The second-order valence-corrected chi connectivity index (χ2v) is 6.38. The number of anilines is 1. The zero-order valence-corrected chi connectivity index (χ0v) is 13.9. The van der Waals surface area contributed by atoms with Gasteiger partial charge in [-0.05, 0) is 56.2 Å². The van der Waals surface area contributed by atoms with Crippen molar-refractivity contribution in [2.24, 2.45) is 5.92 Å². The molecule has 0 fully saturated rings. The van der Waals surface area contributed by atoms with Gasteiger partial charge in [-0.1, -0.05) is 19.9 Å². The number of H-pyrrole nitrogens is 1. The van der Waals surface area contributed by atoms with E-state index in [9.17, 15) is 9.59 Å². The summed E-state index contributed by atoms with van der Waals surface area (Å²) in [7, 11) is 0. The summed E-state index contributed by atoms with van der Waals surface area (Å²) in [6.45, 7) is 4.05. The Kier molecular flexibility index (Phi) is 4.51. The van der Waals surface area contributed by atoms with Crippen LogP contribution in [-0.2, 0) is 17.6 Å². The predicted octanol–water partition coefficient (Wildman–Crippen LogP) is 3.78. The molecule has 1 aromatic heterocycles. The van der Waals surface area contributed by atoms with E-state index in [4.69, 9.17) is 0 Å². The number of carbonyl (C=O) groups excluding carboxylic acids is 1. The van der Waals surface area contributed by atoms with E-state index in [-0.39, 0.29) is 17.4 Å². The van der Waals surface area contributed by atoms with E-state index in [1.807, 2.05) is 32.0 Å². The van der Waals surface area contributed by atoms with Crippen LogP contribution in [0, 0.1) is 5.92 Å². The fraction of sp³-hybridized carbons (Fsp3) is 0.474. The molecule has 1 heterocycles. The quantitative estimate of drug-likeness (QED) is 0.902. The average Bonchev–Trinajstić information content (AvgIpc) is 2.56. The van der Waals surface area contributed by atoms with Gasteiger partial charge >= 0.3 is 0 Å². The Morgan fingerprint density at radius 3 is 2.57 bits per heavy atom. The fourth-order valence-electron chi connectivity index (χ4n) is 3.54. The Morgan fingerprint density at radius 2 is 1.87 bits per heavy atom. The topological polar surface area (TPSA) is 62.0 Å². The second-order valence-electron chi connectivity index (χ2n) is 6.38. The van der Waals surface area contributed by atoms with E-state index in [1.54, 1.807) is 0 Å². The predicted molar refractivity (Wildman–Crippen MR) is 93.9 cm³/mol. The molecule has 23 heavy (non-hydrogen) atoms. The molecule has 1 aliphatic rings. The van der Waals surface area contributed by atoms with Gasteiger partial charge in [0.2, 0.25) is 5.91 Å². The normalized spacial score (nSPS) is 14.0.